The molecule has 2 atom stereocenters. The van der Waals surface area contributed by atoms with Gasteiger partial charge in [-0.25, -0.2) is 0 Å². The molecule has 2 nitrogen and oxygen atoms in total. The van der Waals surface area contributed by atoms with Gasteiger partial charge < -0.3 is 10.2 Å². The lowest BCUT2D eigenvalue weighted by Gasteiger charge is -2.40. The molecule has 0 amide bonds. The lowest BCUT2D eigenvalue weighted by atomic mass is 9.86. The minimum atomic E-state index is -4.10. The summed E-state index contributed by atoms with van der Waals surface area (Å²) in [6.45, 7) is 4.22. The van der Waals surface area contributed by atoms with E-state index in [2.05, 4.69) is 17.1 Å². The van der Waals surface area contributed by atoms with E-state index in [9.17, 15) is 13.2 Å². The Labute approximate surface area is 126 Å². The van der Waals surface area contributed by atoms with Gasteiger partial charge in [0.2, 0.25) is 0 Å². The van der Waals surface area contributed by atoms with Crippen molar-refractivity contribution in [3.63, 3.8) is 0 Å². The molecule has 21 heavy (non-hydrogen) atoms. The van der Waals surface area contributed by atoms with E-state index in [4.69, 9.17) is 0 Å². The van der Waals surface area contributed by atoms with Gasteiger partial charge in [-0.3, -0.25) is 0 Å². The molecule has 1 saturated carbocycles. The molecule has 2 aliphatic rings. The maximum absolute atomic E-state index is 12.4. The smallest absolute Gasteiger partial charge is 0.305 e. The van der Waals surface area contributed by atoms with Crippen LogP contribution in [0.2, 0.25) is 0 Å². The quantitative estimate of drug-likeness (QED) is 0.830. The molecule has 124 valence electrons. The Morgan fingerprint density at radius 2 is 1.76 bits per heavy atom. The van der Waals surface area contributed by atoms with Crippen molar-refractivity contribution in [2.24, 2.45) is 11.8 Å². The first-order valence-electron chi connectivity index (χ1n) is 8.48. The van der Waals surface area contributed by atoms with Crippen LogP contribution in [0.5, 0.6) is 0 Å². The summed E-state index contributed by atoms with van der Waals surface area (Å²) in [7, 11) is 0. The Kier molecular flexibility index (Phi) is 6.35. The van der Waals surface area contributed by atoms with E-state index >= 15 is 0 Å². The average molecular weight is 306 g/mol. The minimum absolute atomic E-state index is 0.00563. The highest BCUT2D eigenvalue weighted by molar-refractivity contribution is 4.85. The molecule has 0 bridgehead atoms. The zero-order valence-corrected chi connectivity index (χ0v) is 13.1. The zero-order valence-electron chi connectivity index (χ0n) is 13.1. The van der Waals surface area contributed by atoms with Gasteiger partial charge in [0.05, 0.1) is 6.54 Å². The van der Waals surface area contributed by atoms with Crippen LogP contribution in [0.15, 0.2) is 0 Å². The number of rotatable bonds is 5. The number of likely N-dealkylation sites (tertiary alicyclic amines) is 1. The summed E-state index contributed by atoms with van der Waals surface area (Å²) in [5.41, 5.74) is 0. The molecular weight excluding hydrogens is 277 g/mol. The number of piperidine rings is 1. The minimum Gasteiger partial charge on any atom is -0.305 e. The maximum Gasteiger partial charge on any atom is 0.401 e. The van der Waals surface area contributed by atoms with Crippen LogP contribution in [-0.4, -0.2) is 43.3 Å². The molecule has 1 aliphatic carbocycles. The molecule has 0 aromatic rings. The van der Waals surface area contributed by atoms with Crippen molar-refractivity contribution < 1.29 is 13.2 Å². The van der Waals surface area contributed by atoms with Crippen LogP contribution in [0.4, 0.5) is 13.2 Å². The third-order valence-electron chi connectivity index (χ3n) is 5.02. The molecule has 0 radical (unpaired) electrons. The molecular formula is C16H29F3N2. The van der Waals surface area contributed by atoms with Gasteiger partial charge in [-0.2, -0.15) is 13.2 Å². The second kappa shape index (κ2) is 7.82. The lowest BCUT2D eigenvalue weighted by molar-refractivity contribution is -0.127. The summed E-state index contributed by atoms with van der Waals surface area (Å²) in [6.07, 6.45) is 4.44. The first kappa shape index (κ1) is 17.1. The Balaban J connectivity index is 1.82. The Morgan fingerprint density at radius 3 is 2.38 bits per heavy atom. The molecule has 2 unspecified atom stereocenters. The van der Waals surface area contributed by atoms with Crippen molar-refractivity contribution in [1.82, 2.24) is 10.2 Å². The molecule has 2 rings (SSSR count). The van der Waals surface area contributed by atoms with E-state index in [-0.39, 0.29) is 6.04 Å². The summed E-state index contributed by atoms with van der Waals surface area (Å²) in [6, 6.07) is -0.00563. The van der Waals surface area contributed by atoms with E-state index < -0.39 is 12.7 Å². The highest BCUT2D eigenvalue weighted by Crippen LogP contribution is 2.27. The van der Waals surface area contributed by atoms with Gasteiger partial charge in [0.1, 0.15) is 0 Å². The lowest BCUT2D eigenvalue weighted by Crippen LogP contribution is -2.52. The fourth-order valence-corrected chi connectivity index (χ4v) is 3.89. The molecule has 1 saturated heterocycles. The molecule has 1 heterocycles. The highest BCUT2D eigenvalue weighted by atomic mass is 19.4. The Hall–Kier alpha value is -0.290. The van der Waals surface area contributed by atoms with Gasteiger partial charge in [-0.05, 0) is 31.1 Å². The SMILES string of the molecule is CCC1CC(NCC(F)(F)F)CN(CC2CCCCC2)C1. The summed E-state index contributed by atoms with van der Waals surface area (Å²) in [5.74, 6) is 1.30. The molecule has 1 N–H and O–H groups in total. The third kappa shape index (κ3) is 6.15. The first-order chi connectivity index (χ1) is 9.96. The topological polar surface area (TPSA) is 15.3 Å². The normalized spacial score (nSPS) is 29.7. The summed E-state index contributed by atoms with van der Waals surface area (Å²) >= 11 is 0. The Morgan fingerprint density at radius 1 is 1.05 bits per heavy atom. The third-order valence-corrected chi connectivity index (χ3v) is 5.02. The van der Waals surface area contributed by atoms with E-state index in [0.717, 1.165) is 38.4 Å². The van der Waals surface area contributed by atoms with E-state index in [1.165, 1.54) is 32.1 Å². The molecule has 0 aromatic carbocycles. The first-order valence-corrected chi connectivity index (χ1v) is 8.48. The number of nitrogens with zero attached hydrogens (tertiary/aromatic N) is 1. The van der Waals surface area contributed by atoms with Crippen molar-refractivity contribution >= 4 is 0 Å². The monoisotopic (exact) mass is 306 g/mol. The van der Waals surface area contributed by atoms with Crippen LogP contribution in [0.25, 0.3) is 0 Å². The summed E-state index contributed by atoms with van der Waals surface area (Å²) in [4.78, 5) is 2.42. The second-order valence-corrected chi connectivity index (χ2v) is 6.93. The molecule has 0 aromatic heterocycles. The number of halogens is 3. The fraction of sp³-hybridized carbons (Fsp3) is 1.00. The number of hydrogen-bond donors (Lipinski definition) is 1. The second-order valence-electron chi connectivity index (χ2n) is 6.93. The molecule has 1 aliphatic heterocycles. The fourth-order valence-electron chi connectivity index (χ4n) is 3.89. The van der Waals surface area contributed by atoms with Crippen molar-refractivity contribution in [3.05, 3.63) is 0 Å². The van der Waals surface area contributed by atoms with Gasteiger partial charge in [-0.15, -0.1) is 0 Å². The van der Waals surface area contributed by atoms with Crippen molar-refractivity contribution in [3.8, 4) is 0 Å². The van der Waals surface area contributed by atoms with Crippen LogP contribution < -0.4 is 5.32 Å². The number of hydrogen-bond acceptors (Lipinski definition) is 2. The van der Waals surface area contributed by atoms with Gasteiger partial charge in [0, 0.05) is 25.7 Å². The van der Waals surface area contributed by atoms with Gasteiger partial charge in [0.15, 0.2) is 0 Å². The highest BCUT2D eigenvalue weighted by Gasteiger charge is 2.32. The molecule has 5 heteroatoms. The van der Waals surface area contributed by atoms with Crippen molar-refractivity contribution in [2.75, 3.05) is 26.2 Å². The predicted molar refractivity (Wildman–Crippen MR) is 79.3 cm³/mol. The summed E-state index contributed by atoms with van der Waals surface area (Å²) in [5, 5.41) is 2.73. The van der Waals surface area contributed by atoms with E-state index in [0.29, 0.717) is 5.92 Å². The Bertz CT molecular complexity index is 300. The van der Waals surface area contributed by atoms with Crippen LogP contribution in [-0.2, 0) is 0 Å². The number of alkyl halides is 3. The molecule has 0 spiro atoms. The van der Waals surface area contributed by atoms with Crippen molar-refractivity contribution in [2.45, 2.75) is 64.1 Å². The largest absolute Gasteiger partial charge is 0.401 e. The van der Waals surface area contributed by atoms with Crippen LogP contribution >= 0.6 is 0 Å². The zero-order chi connectivity index (χ0) is 15.3. The van der Waals surface area contributed by atoms with Crippen LogP contribution in [0.1, 0.15) is 51.9 Å². The van der Waals surface area contributed by atoms with E-state index in [1.54, 1.807) is 0 Å². The average Bonchev–Trinajstić information content (AvgIpc) is 2.45. The van der Waals surface area contributed by atoms with Gasteiger partial charge >= 0.3 is 6.18 Å². The predicted octanol–water partition coefficient (Wildman–Crippen LogP) is 3.82. The van der Waals surface area contributed by atoms with Gasteiger partial charge in [-0.1, -0.05) is 32.6 Å². The van der Waals surface area contributed by atoms with Crippen molar-refractivity contribution in [1.29, 1.82) is 0 Å². The van der Waals surface area contributed by atoms with Gasteiger partial charge in [0.25, 0.3) is 0 Å². The van der Waals surface area contributed by atoms with E-state index in [1.807, 2.05) is 0 Å². The van der Waals surface area contributed by atoms with Crippen LogP contribution in [0.3, 0.4) is 0 Å². The standard InChI is InChI=1S/C16H29F3N2/c1-2-13-8-15(20-12-16(17,18)19)11-21(9-13)10-14-6-4-3-5-7-14/h13-15,20H,2-12H2,1H3. The molecule has 2 fully saturated rings. The number of nitrogens with one attached hydrogen (secondary N) is 1. The van der Waals surface area contributed by atoms with Crippen LogP contribution in [0, 0.1) is 11.8 Å². The summed E-state index contributed by atoms with van der Waals surface area (Å²) < 4.78 is 37.2. The maximum atomic E-state index is 12.4.